The first kappa shape index (κ1) is 18.4. The number of hydrogen-bond donors (Lipinski definition) is 0. The summed E-state index contributed by atoms with van der Waals surface area (Å²) in [5.41, 5.74) is 2.11. The molecule has 0 spiro atoms. The van der Waals surface area contributed by atoms with Gasteiger partial charge in [-0.1, -0.05) is 44.2 Å². The van der Waals surface area contributed by atoms with Crippen LogP contribution in [-0.2, 0) is 16.8 Å². The van der Waals surface area contributed by atoms with Crippen molar-refractivity contribution in [2.24, 2.45) is 0 Å². The average Bonchev–Trinajstić information content (AvgIpc) is 3.21. The van der Waals surface area contributed by atoms with Crippen molar-refractivity contribution >= 4 is 21.4 Å². The van der Waals surface area contributed by atoms with Crippen molar-refractivity contribution in [1.29, 1.82) is 0 Å². The summed E-state index contributed by atoms with van der Waals surface area (Å²) in [6.07, 6.45) is 4.21. The predicted octanol–water partition coefficient (Wildman–Crippen LogP) is 4.41. The summed E-state index contributed by atoms with van der Waals surface area (Å²) in [6.45, 7) is 8.88. The van der Waals surface area contributed by atoms with Gasteiger partial charge in [0.25, 0.3) is 0 Å². The Labute approximate surface area is 162 Å². The van der Waals surface area contributed by atoms with Crippen molar-refractivity contribution in [3.8, 4) is 0 Å². The first-order valence-electron chi connectivity index (χ1n) is 9.36. The molecule has 1 aliphatic heterocycles. The van der Waals surface area contributed by atoms with Gasteiger partial charge in [0.2, 0.25) is 10.1 Å². The fraction of sp³-hybridized carbons (Fsp3) is 0.500. The van der Waals surface area contributed by atoms with Crippen LogP contribution in [0.2, 0.25) is 0 Å². The molecule has 0 atom stereocenters. The lowest BCUT2D eigenvalue weighted by molar-refractivity contribution is 0.0251. The first-order chi connectivity index (χ1) is 12.9. The van der Waals surface area contributed by atoms with Gasteiger partial charge >= 0.3 is 0 Å². The Hall–Kier alpha value is -1.99. The molecule has 0 saturated carbocycles. The molecule has 1 aliphatic rings. The number of rotatable bonds is 4. The van der Waals surface area contributed by atoms with E-state index >= 15 is 0 Å². The van der Waals surface area contributed by atoms with Crippen LogP contribution in [0, 0.1) is 5.82 Å². The van der Waals surface area contributed by atoms with Crippen LogP contribution in [0.5, 0.6) is 0 Å². The van der Waals surface area contributed by atoms with Crippen LogP contribution in [0.3, 0.4) is 0 Å². The smallest absolute Gasteiger partial charge is 0.214 e. The summed E-state index contributed by atoms with van der Waals surface area (Å²) in [7, 11) is 0. The molecule has 3 heterocycles. The summed E-state index contributed by atoms with van der Waals surface area (Å²) >= 11 is 1.64. The normalized spacial score (nSPS) is 16.4. The number of fused-ring (bicyclic) bond motifs is 1. The zero-order chi connectivity index (χ0) is 19.0. The maximum Gasteiger partial charge on any atom is 0.214 e. The molecule has 0 bridgehead atoms. The van der Waals surface area contributed by atoms with Crippen molar-refractivity contribution < 1.29 is 9.13 Å². The second-order valence-electron chi connectivity index (χ2n) is 8.11. The highest BCUT2D eigenvalue weighted by Crippen LogP contribution is 2.29. The number of aromatic nitrogens is 3. The van der Waals surface area contributed by atoms with E-state index in [9.17, 15) is 4.39 Å². The van der Waals surface area contributed by atoms with Crippen molar-refractivity contribution in [3.05, 3.63) is 47.5 Å². The molecular weight excluding hydrogens is 363 g/mol. The van der Waals surface area contributed by atoms with E-state index in [4.69, 9.17) is 14.8 Å². The lowest BCUT2D eigenvalue weighted by Gasteiger charge is -2.31. The molecule has 4 rings (SSSR count). The number of halogens is 1. The van der Waals surface area contributed by atoms with Gasteiger partial charge < -0.3 is 9.64 Å². The van der Waals surface area contributed by atoms with Gasteiger partial charge in [0.1, 0.15) is 5.82 Å². The fourth-order valence-corrected chi connectivity index (χ4v) is 4.12. The quantitative estimate of drug-likeness (QED) is 0.664. The minimum atomic E-state index is -0.212. The molecule has 1 saturated heterocycles. The maximum atomic E-state index is 13.0. The second kappa shape index (κ2) is 7.20. The average molecular weight is 389 g/mol. The van der Waals surface area contributed by atoms with Crippen LogP contribution in [-0.4, -0.2) is 33.8 Å². The van der Waals surface area contributed by atoms with E-state index in [1.54, 1.807) is 23.5 Å². The lowest BCUT2D eigenvalue weighted by Crippen LogP contribution is -2.37. The SMILES string of the molecule is CC(C)(C)c1cn2nc(N3CCC(OCc4ccc(F)cc4)CC3)sc2n1. The molecule has 2 aromatic heterocycles. The fourth-order valence-electron chi connectivity index (χ4n) is 3.19. The number of ether oxygens (including phenoxy) is 1. The summed E-state index contributed by atoms with van der Waals surface area (Å²) in [4.78, 5) is 7.99. The third-order valence-electron chi connectivity index (χ3n) is 4.91. The highest BCUT2D eigenvalue weighted by Gasteiger charge is 2.24. The Bertz CT molecular complexity index is 873. The topological polar surface area (TPSA) is 42.7 Å². The maximum absolute atomic E-state index is 13.0. The second-order valence-corrected chi connectivity index (χ2v) is 9.05. The molecule has 27 heavy (non-hydrogen) atoms. The minimum Gasteiger partial charge on any atom is -0.373 e. The molecule has 0 N–H and O–H groups in total. The molecular formula is C20H25FN4OS. The van der Waals surface area contributed by atoms with Gasteiger partial charge in [-0.2, -0.15) is 0 Å². The Balaban J connectivity index is 1.32. The molecule has 3 aromatic rings. The first-order valence-corrected chi connectivity index (χ1v) is 10.2. The van der Waals surface area contributed by atoms with Gasteiger partial charge in [0.05, 0.1) is 24.6 Å². The van der Waals surface area contributed by atoms with Crippen LogP contribution in [0.25, 0.3) is 4.96 Å². The molecule has 1 aromatic carbocycles. The van der Waals surface area contributed by atoms with E-state index in [1.807, 2.05) is 10.7 Å². The van der Waals surface area contributed by atoms with Gasteiger partial charge in [-0.25, -0.2) is 13.9 Å². The van der Waals surface area contributed by atoms with Crippen molar-refractivity contribution in [3.63, 3.8) is 0 Å². The highest BCUT2D eigenvalue weighted by molar-refractivity contribution is 7.20. The van der Waals surface area contributed by atoms with E-state index in [1.165, 1.54) is 12.1 Å². The van der Waals surface area contributed by atoms with Crippen LogP contribution >= 0.6 is 11.3 Å². The molecule has 0 unspecified atom stereocenters. The molecule has 0 radical (unpaired) electrons. The number of hydrogen-bond acceptors (Lipinski definition) is 5. The number of anilines is 1. The van der Waals surface area contributed by atoms with Crippen LogP contribution in [0.4, 0.5) is 9.52 Å². The Morgan fingerprint density at radius 3 is 2.52 bits per heavy atom. The molecule has 1 fully saturated rings. The van der Waals surface area contributed by atoms with Gasteiger partial charge in [0, 0.05) is 18.5 Å². The van der Waals surface area contributed by atoms with Gasteiger partial charge in [-0.3, -0.25) is 0 Å². The standard InChI is InChI=1S/C20H25FN4OS/c1-20(2,3)17-12-25-18(22-17)27-19(23-25)24-10-8-16(9-11-24)26-13-14-4-6-15(21)7-5-14/h4-7,12,16H,8-11,13H2,1-3H3. The molecule has 0 aliphatic carbocycles. The zero-order valence-corrected chi connectivity index (χ0v) is 16.8. The van der Waals surface area contributed by atoms with Gasteiger partial charge in [0.15, 0.2) is 0 Å². The van der Waals surface area contributed by atoms with Crippen LogP contribution in [0.1, 0.15) is 44.9 Å². The minimum absolute atomic E-state index is 0.0355. The largest absolute Gasteiger partial charge is 0.373 e. The Kier molecular flexibility index (Phi) is 4.90. The van der Waals surface area contributed by atoms with Crippen LogP contribution < -0.4 is 4.90 Å². The van der Waals surface area contributed by atoms with Gasteiger partial charge in [-0.05, 0) is 30.5 Å². The summed E-state index contributed by atoms with van der Waals surface area (Å²) in [6, 6.07) is 6.51. The van der Waals surface area contributed by atoms with E-state index in [0.717, 1.165) is 47.3 Å². The predicted molar refractivity (Wildman–Crippen MR) is 106 cm³/mol. The summed E-state index contributed by atoms with van der Waals surface area (Å²) in [5.74, 6) is -0.212. The van der Waals surface area contributed by atoms with Crippen molar-refractivity contribution in [2.45, 2.75) is 51.7 Å². The Morgan fingerprint density at radius 2 is 1.89 bits per heavy atom. The zero-order valence-electron chi connectivity index (χ0n) is 16.0. The number of piperidine rings is 1. The van der Waals surface area contributed by atoms with E-state index < -0.39 is 0 Å². The van der Waals surface area contributed by atoms with E-state index in [-0.39, 0.29) is 17.3 Å². The highest BCUT2D eigenvalue weighted by atomic mass is 32.1. The molecule has 5 nitrogen and oxygen atoms in total. The molecule has 0 amide bonds. The summed E-state index contributed by atoms with van der Waals surface area (Å²) in [5, 5.41) is 5.74. The molecule has 7 heteroatoms. The summed E-state index contributed by atoms with van der Waals surface area (Å²) < 4.78 is 20.9. The number of benzene rings is 1. The Morgan fingerprint density at radius 1 is 1.19 bits per heavy atom. The number of imidazole rings is 1. The molecule has 144 valence electrons. The van der Waals surface area contributed by atoms with Gasteiger partial charge in [-0.15, -0.1) is 5.10 Å². The monoisotopic (exact) mass is 388 g/mol. The van der Waals surface area contributed by atoms with E-state index in [0.29, 0.717) is 6.61 Å². The lowest BCUT2D eigenvalue weighted by atomic mass is 9.93. The van der Waals surface area contributed by atoms with Crippen LogP contribution in [0.15, 0.2) is 30.5 Å². The van der Waals surface area contributed by atoms with E-state index in [2.05, 4.69) is 25.7 Å². The van der Waals surface area contributed by atoms with Crippen molar-refractivity contribution in [2.75, 3.05) is 18.0 Å². The number of nitrogens with zero attached hydrogens (tertiary/aromatic N) is 4. The third-order valence-corrected chi connectivity index (χ3v) is 5.90. The van der Waals surface area contributed by atoms with Crippen molar-refractivity contribution in [1.82, 2.24) is 14.6 Å². The third kappa shape index (κ3) is 4.14.